The third-order valence-corrected chi connectivity index (χ3v) is 3.45. The maximum Gasteiger partial charge on any atom is 0.201 e. The molecule has 0 aliphatic rings. The number of nitrogens with two attached hydrogens (primary N) is 1. The average Bonchev–Trinajstić information content (AvgIpc) is 2.72. The highest BCUT2D eigenvalue weighted by molar-refractivity contribution is 9.10. The van der Waals surface area contributed by atoms with Gasteiger partial charge in [0.15, 0.2) is 5.82 Å². The van der Waals surface area contributed by atoms with Gasteiger partial charge < -0.3 is 5.73 Å². The van der Waals surface area contributed by atoms with Crippen LogP contribution in [-0.2, 0) is 0 Å². The van der Waals surface area contributed by atoms with Crippen LogP contribution in [0, 0.1) is 5.82 Å². The number of nitrogen functional groups attached to an aromatic ring is 1. The van der Waals surface area contributed by atoms with Gasteiger partial charge in [-0.3, -0.25) is 9.89 Å². The number of hydrogen-bond donors (Lipinski definition) is 2. The topological polar surface area (TPSA) is 71.8 Å². The van der Waals surface area contributed by atoms with E-state index in [1.165, 1.54) is 18.3 Å². The minimum absolute atomic E-state index is 0.0911. The van der Waals surface area contributed by atoms with Gasteiger partial charge >= 0.3 is 0 Å². The van der Waals surface area contributed by atoms with Crippen LogP contribution in [0.3, 0.4) is 0 Å². The van der Waals surface area contributed by atoms with E-state index in [1.807, 2.05) is 0 Å². The molecule has 3 N–H and O–H groups in total. The van der Waals surface area contributed by atoms with Gasteiger partial charge in [-0.1, -0.05) is 11.6 Å². The molecule has 1 aromatic heterocycles. The van der Waals surface area contributed by atoms with Crippen LogP contribution < -0.4 is 5.73 Å². The van der Waals surface area contributed by atoms with E-state index < -0.39 is 11.6 Å². The number of hydrogen-bond acceptors (Lipinski definition) is 3. The van der Waals surface area contributed by atoms with E-state index in [0.717, 1.165) is 0 Å². The molecule has 2 rings (SSSR count). The highest BCUT2D eigenvalue weighted by Crippen LogP contribution is 2.29. The highest BCUT2D eigenvalue weighted by atomic mass is 79.9. The van der Waals surface area contributed by atoms with Crippen molar-refractivity contribution >= 4 is 39.1 Å². The molecule has 88 valence electrons. The maximum atomic E-state index is 13.8. The Hall–Kier alpha value is -1.40. The summed E-state index contributed by atoms with van der Waals surface area (Å²) in [5, 5.41) is 5.87. The standard InChI is InChI=1S/C10H6BrClFN3O/c11-6-2-1-4(8(13)7(6)12)9(17)5-3-15-16-10(5)14/h1-3H,(H3,14,15,16). The Bertz CT molecular complexity index is 599. The van der Waals surface area contributed by atoms with Crippen molar-refractivity contribution in [3.05, 3.63) is 44.8 Å². The molecule has 0 spiro atoms. The van der Waals surface area contributed by atoms with Gasteiger partial charge in [0.25, 0.3) is 0 Å². The fourth-order valence-corrected chi connectivity index (χ4v) is 1.79. The number of carbonyl (C=O) groups excluding carboxylic acids is 1. The van der Waals surface area contributed by atoms with Crippen molar-refractivity contribution in [2.24, 2.45) is 0 Å². The third kappa shape index (κ3) is 2.05. The van der Waals surface area contributed by atoms with Crippen molar-refractivity contribution < 1.29 is 9.18 Å². The zero-order valence-electron chi connectivity index (χ0n) is 8.30. The fraction of sp³-hybridized carbons (Fsp3) is 0. The zero-order valence-corrected chi connectivity index (χ0v) is 10.6. The van der Waals surface area contributed by atoms with E-state index in [2.05, 4.69) is 26.1 Å². The van der Waals surface area contributed by atoms with Crippen molar-refractivity contribution in [3.8, 4) is 0 Å². The van der Waals surface area contributed by atoms with E-state index in [0.29, 0.717) is 4.47 Å². The van der Waals surface area contributed by atoms with Crippen molar-refractivity contribution in [2.45, 2.75) is 0 Å². The van der Waals surface area contributed by atoms with Crippen molar-refractivity contribution in [1.29, 1.82) is 0 Å². The average molecular weight is 319 g/mol. The fourth-order valence-electron chi connectivity index (χ4n) is 1.32. The summed E-state index contributed by atoms with van der Waals surface area (Å²) in [5.41, 5.74) is 5.46. The smallest absolute Gasteiger partial charge is 0.201 e. The Balaban J connectivity index is 2.53. The lowest BCUT2D eigenvalue weighted by atomic mass is 10.1. The molecule has 0 unspecified atom stereocenters. The number of aromatic amines is 1. The molecule has 0 saturated heterocycles. The summed E-state index contributed by atoms with van der Waals surface area (Å²) in [6.45, 7) is 0. The molecule has 0 radical (unpaired) electrons. The van der Waals surface area contributed by atoms with Crippen LogP contribution in [-0.4, -0.2) is 16.0 Å². The summed E-state index contributed by atoms with van der Waals surface area (Å²) in [5.74, 6) is -1.26. The maximum absolute atomic E-state index is 13.8. The SMILES string of the molecule is Nc1[nH]ncc1C(=O)c1ccc(Br)c(Cl)c1F. The summed E-state index contributed by atoms with van der Waals surface area (Å²) >= 11 is 8.77. The molecule has 0 atom stereocenters. The van der Waals surface area contributed by atoms with Gasteiger partial charge in [0.1, 0.15) is 5.82 Å². The first-order valence-electron chi connectivity index (χ1n) is 4.49. The predicted octanol–water partition coefficient (Wildman–Crippen LogP) is 2.78. The molecule has 0 aliphatic heterocycles. The first-order valence-corrected chi connectivity index (χ1v) is 5.66. The van der Waals surface area contributed by atoms with Gasteiger partial charge in [-0.2, -0.15) is 5.10 Å². The second-order valence-corrected chi connectivity index (χ2v) is 4.48. The molecular formula is C10H6BrClFN3O. The van der Waals surface area contributed by atoms with E-state index in [1.54, 1.807) is 0 Å². The summed E-state index contributed by atoms with van der Waals surface area (Å²) in [6.07, 6.45) is 1.24. The van der Waals surface area contributed by atoms with Crippen LogP contribution in [0.1, 0.15) is 15.9 Å². The van der Waals surface area contributed by atoms with Crippen LogP contribution in [0.15, 0.2) is 22.8 Å². The summed E-state index contributed by atoms with van der Waals surface area (Å²) < 4.78 is 14.2. The van der Waals surface area contributed by atoms with Gasteiger partial charge in [0.05, 0.1) is 22.3 Å². The molecule has 0 saturated carbocycles. The van der Waals surface area contributed by atoms with Crippen LogP contribution in [0.2, 0.25) is 5.02 Å². The zero-order chi connectivity index (χ0) is 12.6. The summed E-state index contributed by atoms with van der Waals surface area (Å²) in [4.78, 5) is 12.0. The van der Waals surface area contributed by atoms with Crippen LogP contribution in [0.4, 0.5) is 10.2 Å². The van der Waals surface area contributed by atoms with Crippen molar-refractivity contribution in [3.63, 3.8) is 0 Å². The molecule has 0 amide bonds. The second-order valence-electron chi connectivity index (χ2n) is 3.25. The molecule has 1 heterocycles. The second kappa shape index (κ2) is 4.46. The Morgan fingerprint density at radius 3 is 2.76 bits per heavy atom. The number of carbonyl (C=O) groups is 1. The Labute approximate surface area is 109 Å². The lowest BCUT2D eigenvalue weighted by Crippen LogP contribution is -2.06. The molecule has 4 nitrogen and oxygen atoms in total. The van der Waals surface area contributed by atoms with Gasteiger partial charge in [0, 0.05) is 4.47 Å². The summed E-state index contributed by atoms with van der Waals surface area (Å²) in [6, 6.07) is 2.83. The number of halogens is 3. The lowest BCUT2D eigenvalue weighted by molar-refractivity contribution is 0.103. The molecule has 0 fully saturated rings. The van der Waals surface area contributed by atoms with Crippen LogP contribution >= 0.6 is 27.5 Å². The van der Waals surface area contributed by atoms with Crippen molar-refractivity contribution in [1.82, 2.24) is 10.2 Å². The molecule has 17 heavy (non-hydrogen) atoms. The first kappa shape index (κ1) is 12.1. The van der Waals surface area contributed by atoms with Gasteiger partial charge in [-0.25, -0.2) is 4.39 Å². The number of ketones is 1. The van der Waals surface area contributed by atoms with Crippen molar-refractivity contribution in [2.75, 3.05) is 5.73 Å². The highest BCUT2D eigenvalue weighted by Gasteiger charge is 2.20. The Morgan fingerprint density at radius 2 is 2.18 bits per heavy atom. The van der Waals surface area contributed by atoms with Gasteiger partial charge in [-0.05, 0) is 28.1 Å². The number of nitrogens with zero attached hydrogens (tertiary/aromatic N) is 1. The number of nitrogens with one attached hydrogen (secondary N) is 1. The Morgan fingerprint density at radius 1 is 1.47 bits per heavy atom. The number of aromatic nitrogens is 2. The quantitative estimate of drug-likeness (QED) is 0.660. The van der Waals surface area contributed by atoms with E-state index >= 15 is 0 Å². The Kier molecular flexibility index (Phi) is 3.17. The number of anilines is 1. The molecule has 1 aromatic carbocycles. The lowest BCUT2D eigenvalue weighted by Gasteiger charge is -2.04. The molecule has 7 heteroatoms. The van der Waals surface area contributed by atoms with E-state index in [9.17, 15) is 9.18 Å². The molecule has 0 aliphatic carbocycles. The molecule has 0 bridgehead atoms. The van der Waals surface area contributed by atoms with E-state index in [-0.39, 0.29) is 22.0 Å². The largest absolute Gasteiger partial charge is 0.383 e. The molecule has 2 aromatic rings. The normalized spacial score (nSPS) is 10.5. The number of rotatable bonds is 2. The number of H-pyrrole nitrogens is 1. The predicted molar refractivity (Wildman–Crippen MR) is 65.5 cm³/mol. The van der Waals surface area contributed by atoms with Crippen LogP contribution in [0.5, 0.6) is 0 Å². The van der Waals surface area contributed by atoms with Gasteiger partial charge in [-0.15, -0.1) is 0 Å². The minimum atomic E-state index is -0.786. The van der Waals surface area contributed by atoms with Gasteiger partial charge in [0.2, 0.25) is 5.78 Å². The minimum Gasteiger partial charge on any atom is -0.383 e. The monoisotopic (exact) mass is 317 g/mol. The number of benzene rings is 1. The molecular weight excluding hydrogens is 312 g/mol. The van der Waals surface area contributed by atoms with E-state index in [4.69, 9.17) is 17.3 Å². The van der Waals surface area contributed by atoms with Crippen LogP contribution in [0.25, 0.3) is 0 Å². The third-order valence-electron chi connectivity index (χ3n) is 2.19. The summed E-state index contributed by atoms with van der Waals surface area (Å²) in [7, 11) is 0. The first-order chi connectivity index (χ1) is 8.02.